The van der Waals surface area contributed by atoms with Crippen LogP contribution in [0.1, 0.15) is 15.9 Å². The van der Waals surface area contributed by atoms with E-state index in [1.807, 2.05) is 42.5 Å². The number of amides is 1. The van der Waals surface area contributed by atoms with Crippen LogP contribution >= 0.6 is 0 Å². The molecule has 0 aliphatic rings. The van der Waals surface area contributed by atoms with E-state index in [2.05, 4.69) is 10.5 Å². The third kappa shape index (κ3) is 3.53. The lowest BCUT2D eigenvalue weighted by molar-refractivity contribution is -0.429. The minimum absolute atomic E-state index is 0.0192. The first-order valence-corrected chi connectivity index (χ1v) is 7.61. The first-order valence-electron chi connectivity index (χ1n) is 7.61. The molecular weight excluding hydrogens is 318 g/mol. The van der Waals surface area contributed by atoms with Gasteiger partial charge in [-0.25, -0.2) is 5.43 Å². The van der Waals surface area contributed by atoms with Crippen LogP contribution in [0.2, 0.25) is 0 Å². The Hall–Kier alpha value is -3.54. The minimum Gasteiger partial charge on any atom is -0.502 e. The van der Waals surface area contributed by atoms with Crippen molar-refractivity contribution < 1.29 is 14.7 Å². The molecule has 0 unspecified atom stereocenters. The summed E-state index contributed by atoms with van der Waals surface area (Å²) < 4.78 is 0.492. The van der Waals surface area contributed by atoms with Crippen LogP contribution < -0.4 is 5.43 Å². The molecule has 0 aromatic heterocycles. The quantitative estimate of drug-likeness (QED) is 0.436. The Kier molecular flexibility index (Phi) is 4.52. The van der Waals surface area contributed by atoms with Crippen LogP contribution in [-0.2, 0) is 0 Å². The van der Waals surface area contributed by atoms with Crippen molar-refractivity contribution in [3.63, 3.8) is 0 Å². The molecule has 2 N–H and O–H groups in total. The molecule has 0 heterocycles. The molecule has 0 aliphatic carbocycles. The number of hydrogen-bond donors (Lipinski definition) is 2. The number of fused-ring (bicyclic) bond motifs is 1. The zero-order valence-electron chi connectivity index (χ0n) is 13.5. The van der Waals surface area contributed by atoms with Crippen LogP contribution in [0.4, 0.5) is 5.69 Å². The highest BCUT2D eigenvalue weighted by Crippen LogP contribution is 2.25. The molecule has 1 amide bonds. The van der Waals surface area contributed by atoms with Crippen molar-refractivity contribution in [2.75, 3.05) is 7.05 Å². The summed E-state index contributed by atoms with van der Waals surface area (Å²) in [5.74, 6) is -0.659. The molecule has 0 aliphatic heterocycles. The number of nitrogens with zero attached hydrogens (tertiary/aromatic N) is 2. The molecule has 0 spiro atoms. The van der Waals surface area contributed by atoms with Gasteiger partial charge in [0.1, 0.15) is 0 Å². The number of nitrogens with one attached hydrogen (secondary N) is 1. The summed E-state index contributed by atoms with van der Waals surface area (Å²) in [4.78, 5) is 23.5. The third-order valence-electron chi connectivity index (χ3n) is 3.77. The minimum atomic E-state index is -0.473. The van der Waals surface area contributed by atoms with E-state index in [0.717, 1.165) is 16.3 Å². The van der Waals surface area contributed by atoms with E-state index in [4.69, 9.17) is 0 Å². The molecule has 0 radical (unpaired) electrons. The topological polar surface area (TPSA) is 81.8 Å². The number of rotatable bonds is 4. The third-order valence-corrected chi connectivity index (χ3v) is 3.77. The second-order valence-electron chi connectivity index (χ2n) is 5.47. The molecule has 0 bridgehead atoms. The van der Waals surface area contributed by atoms with E-state index in [-0.39, 0.29) is 17.0 Å². The molecule has 6 heteroatoms. The maximum Gasteiger partial charge on any atom is 0.297 e. The predicted octanol–water partition coefficient (Wildman–Crippen LogP) is 3.35. The number of hydrogen-bond acceptors (Lipinski definition) is 4. The highest BCUT2D eigenvalue weighted by molar-refractivity contribution is 6.00. The van der Waals surface area contributed by atoms with Crippen molar-refractivity contribution in [2.24, 2.45) is 5.10 Å². The van der Waals surface area contributed by atoms with Gasteiger partial charge in [0, 0.05) is 26.9 Å². The van der Waals surface area contributed by atoms with E-state index in [0.29, 0.717) is 4.76 Å². The molecule has 0 saturated heterocycles. The van der Waals surface area contributed by atoms with Crippen molar-refractivity contribution in [3.8, 4) is 5.75 Å². The molecule has 124 valence electrons. The van der Waals surface area contributed by atoms with E-state index >= 15 is 0 Å². The van der Waals surface area contributed by atoms with Crippen LogP contribution in [-0.4, -0.2) is 29.0 Å². The molecule has 6 nitrogen and oxygen atoms in total. The largest absolute Gasteiger partial charge is 0.502 e. The van der Waals surface area contributed by atoms with Gasteiger partial charge in [0.15, 0.2) is 12.8 Å². The summed E-state index contributed by atoms with van der Waals surface area (Å²) >= 11 is 0. The number of nitroso groups, excluding NO2 is 1. The smallest absolute Gasteiger partial charge is 0.297 e. The van der Waals surface area contributed by atoms with Crippen molar-refractivity contribution >= 4 is 28.6 Å². The molecular formula is C19H16N3O3+. The zero-order chi connectivity index (χ0) is 17.8. The monoisotopic (exact) mass is 334 g/mol. The Labute approximate surface area is 144 Å². The Bertz CT molecular complexity index is 991. The second kappa shape index (κ2) is 6.92. The van der Waals surface area contributed by atoms with E-state index in [1.54, 1.807) is 6.21 Å². The van der Waals surface area contributed by atoms with Gasteiger partial charge < -0.3 is 5.11 Å². The summed E-state index contributed by atoms with van der Waals surface area (Å²) in [7, 11) is 1.25. The Morgan fingerprint density at radius 2 is 1.88 bits per heavy atom. The molecule has 3 aromatic carbocycles. The summed E-state index contributed by atoms with van der Waals surface area (Å²) in [6.07, 6.45) is 1.57. The number of carbonyl (C=O) groups is 1. The lowest BCUT2D eigenvalue weighted by Gasteiger charge is -2.02. The van der Waals surface area contributed by atoms with Crippen molar-refractivity contribution in [1.82, 2.24) is 5.43 Å². The number of hydrazone groups is 1. The van der Waals surface area contributed by atoms with Crippen molar-refractivity contribution in [3.05, 3.63) is 76.7 Å². The fourth-order valence-electron chi connectivity index (χ4n) is 2.50. The van der Waals surface area contributed by atoms with Gasteiger partial charge >= 0.3 is 0 Å². The summed E-state index contributed by atoms with van der Waals surface area (Å²) in [5, 5.41) is 15.7. The summed E-state index contributed by atoms with van der Waals surface area (Å²) in [6, 6.07) is 17.7. The lowest BCUT2D eigenvalue weighted by Crippen LogP contribution is -2.17. The van der Waals surface area contributed by atoms with Crippen LogP contribution in [0.25, 0.3) is 10.8 Å². The Balaban J connectivity index is 1.79. The maximum atomic E-state index is 12.2. The van der Waals surface area contributed by atoms with Crippen LogP contribution in [0.3, 0.4) is 0 Å². The van der Waals surface area contributed by atoms with Gasteiger partial charge in [-0.05, 0) is 22.9 Å². The molecule has 3 rings (SSSR count). The van der Waals surface area contributed by atoms with E-state index < -0.39 is 5.91 Å². The van der Waals surface area contributed by atoms with Gasteiger partial charge in [0.25, 0.3) is 11.6 Å². The van der Waals surface area contributed by atoms with Crippen molar-refractivity contribution in [1.29, 1.82) is 0 Å². The highest BCUT2D eigenvalue weighted by atomic mass is 16.3. The highest BCUT2D eigenvalue weighted by Gasteiger charge is 2.17. The number of phenolic OH excluding ortho intramolecular Hbond substituents is 1. The number of aromatic hydroxyl groups is 1. The Morgan fingerprint density at radius 1 is 1.12 bits per heavy atom. The fraction of sp³-hybridized carbons (Fsp3) is 0.0526. The van der Waals surface area contributed by atoms with Gasteiger partial charge in [-0.15, -0.1) is 0 Å². The summed E-state index contributed by atoms with van der Waals surface area (Å²) in [6.45, 7) is 0. The number of phenols is 1. The van der Waals surface area contributed by atoms with E-state index in [1.165, 1.54) is 25.2 Å². The van der Waals surface area contributed by atoms with Crippen LogP contribution in [0.15, 0.2) is 65.8 Å². The fourth-order valence-corrected chi connectivity index (χ4v) is 2.50. The van der Waals surface area contributed by atoms with Gasteiger partial charge in [0.05, 0.1) is 6.21 Å². The van der Waals surface area contributed by atoms with Gasteiger partial charge in [0.2, 0.25) is 0 Å². The molecule has 0 saturated carbocycles. The molecule has 0 atom stereocenters. The average molecular weight is 334 g/mol. The Morgan fingerprint density at radius 3 is 2.68 bits per heavy atom. The van der Waals surface area contributed by atoms with Gasteiger partial charge in [-0.1, -0.05) is 42.5 Å². The standard InChI is InChI=1S/C19H15N3O3/c1-22(25)17-11-14(9-10-18(17)23)19(24)21-20-12-15-7-4-6-13-5-2-3-8-16(13)15/h2-12H,1H3,(H-,21,23,24,25)/p+1. The van der Waals surface area contributed by atoms with Crippen molar-refractivity contribution in [2.45, 2.75) is 0 Å². The summed E-state index contributed by atoms with van der Waals surface area (Å²) in [5.41, 5.74) is 3.55. The predicted molar refractivity (Wildman–Crippen MR) is 96.3 cm³/mol. The average Bonchev–Trinajstić information content (AvgIpc) is 2.62. The van der Waals surface area contributed by atoms with Crippen LogP contribution in [0, 0.1) is 4.91 Å². The first-order chi connectivity index (χ1) is 12.1. The normalized spacial score (nSPS) is 10.9. The number of benzene rings is 3. The van der Waals surface area contributed by atoms with E-state index in [9.17, 15) is 14.8 Å². The first kappa shape index (κ1) is 16.3. The van der Waals surface area contributed by atoms with Crippen LogP contribution in [0.5, 0.6) is 5.75 Å². The zero-order valence-corrected chi connectivity index (χ0v) is 13.5. The van der Waals surface area contributed by atoms with Gasteiger partial charge in [-0.2, -0.15) is 5.10 Å². The molecule has 3 aromatic rings. The van der Waals surface area contributed by atoms with Gasteiger partial charge in [-0.3, -0.25) is 4.79 Å². The lowest BCUT2D eigenvalue weighted by atomic mass is 10.1. The SMILES string of the molecule is C[N+](=O)c1cc(C(=O)N/N=C/c2cccc3ccccc23)ccc1O. The second-order valence-corrected chi connectivity index (χ2v) is 5.47. The molecule has 25 heavy (non-hydrogen) atoms. The maximum absolute atomic E-state index is 12.2. The molecule has 0 fully saturated rings. The number of carbonyl (C=O) groups excluding carboxylic acids is 1.